The van der Waals surface area contributed by atoms with Gasteiger partial charge in [-0.05, 0) is 24.5 Å². The smallest absolute Gasteiger partial charge is 0.171 e. The van der Waals surface area contributed by atoms with Gasteiger partial charge in [0.05, 0.1) is 6.61 Å². The normalized spacial score (nSPS) is 15.4. The Morgan fingerprint density at radius 2 is 2.45 bits per heavy atom. The topological polar surface area (TPSA) is 22.1 Å². The summed E-state index contributed by atoms with van der Waals surface area (Å²) in [5, 5.41) is 0.488. The molecule has 58 valence electrons. The fraction of sp³-hybridized carbons (Fsp3) is 0.375. The van der Waals surface area contributed by atoms with Crippen LogP contribution in [0.25, 0.3) is 0 Å². The summed E-state index contributed by atoms with van der Waals surface area (Å²) >= 11 is 5.81. The van der Waals surface area contributed by atoms with Crippen molar-refractivity contribution in [2.75, 3.05) is 6.61 Å². The summed E-state index contributed by atoms with van der Waals surface area (Å²) in [6, 6.07) is 1.96. The van der Waals surface area contributed by atoms with E-state index in [4.69, 9.17) is 16.3 Å². The van der Waals surface area contributed by atoms with E-state index in [1.54, 1.807) is 6.20 Å². The van der Waals surface area contributed by atoms with Crippen molar-refractivity contribution in [2.45, 2.75) is 12.8 Å². The molecule has 2 rings (SSSR count). The molecule has 11 heavy (non-hydrogen) atoms. The van der Waals surface area contributed by atoms with Crippen LogP contribution in [0.1, 0.15) is 12.0 Å². The molecule has 2 nitrogen and oxygen atoms in total. The highest BCUT2D eigenvalue weighted by atomic mass is 35.5. The first kappa shape index (κ1) is 6.92. The van der Waals surface area contributed by atoms with Gasteiger partial charge in [0.15, 0.2) is 10.9 Å². The molecule has 0 aromatic carbocycles. The maximum absolute atomic E-state index is 5.81. The Kier molecular flexibility index (Phi) is 1.70. The minimum Gasteiger partial charge on any atom is -0.490 e. The standard InChI is InChI=1S/C8H8ClNO/c9-8-7-6(3-4-10-8)2-1-5-11-7/h3-4H,1-2,5H2. The summed E-state index contributed by atoms with van der Waals surface area (Å²) in [7, 11) is 0. The van der Waals surface area contributed by atoms with Crippen LogP contribution in [0.15, 0.2) is 12.3 Å². The molecule has 0 radical (unpaired) electrons. The SMILES string of the molecule is Clc1nccc2c1OCCC2. The third kappa shape index (κ3) is 1.18. The Hall–Kier alpha value is -0.760. The van der Waals surface area contributed by atoms with Gasteiger partial charge >= 0.3 is 0 Å². The molecule has 0 N–H and O–H groups in total. The number of aryl methyl sites for hydroxylation is 1. The lowest BCUT2D eigenvalue weighted by molar-refractivity contribution is 0.287. The Bertz CT molecular complexity index is 275. The zero-order valence-corrected chi connectivity index (χ0v) is 6.77. The molecule has 1 aromatic rings. The number of fused-ring (bicyclic) bond motifs is 1. The van der Waals surface area contributed by atoms with Crippen molar-refractivity contribution in [3.8, 4) is 5.75 Å². The molecular weight excluding hydrogens is 162 g/mol. The molecule has 0 fully saturated rings. The van der Waals surface area contributed by atoms with Crippen LogP contribution in [0, 0.1) is 0 Å². The Balaban J connectivity index is 2.49. The molecule has 0 aliphatic carbocycles. The molecule has 0 spiro atoms. The van der Waals surface area contributed by atoms with E-state index in [9.17, 15) is 0 Å². The van der Waals surface area contributed by atoms with E-state index in [-0.39, 0.29) is 0 Å². The van der Waals surface area contributed by atoms with Gasteiger partial charge in [-0.2, -0.15) is 0 Å². The van der Waals surface area contributed by atoms with E-state index >= 15 is 0 Å². The van der Waals surface area contributed by atoms with Crippen LogP contribution in [-0.2, 0) is 6.42 Å². The van der Waals surface area contributed by atoms with Crippen molar-refractivity contribution in [1.82, 2.24) is 4.98 Å². The number of aromatic nitrogens is 1. The lowest BCUT2D eigenvalue weighted by Gasteiger charge is -2.16. The first-order valence-corrected chi connectivity index (χ1v) is 4.02. The van der Waals surface area contributed by atoms with Gasteiger partial charge < -0.3 is 4.74 Å². The largest absolute Gasteiger partial charge is 0.490 e. The zero-order chi connectivity index (χ0) is 7.68. The van der Waals surface area contributed by atoms with E-state index < -0.39 is 0 Å². The van der Waals surface area contributed by atoms with Crippen LogP contribution in [0.5, 0.6) is 5.75 Å². The summed E-state index contributed by atoms with van der Waals surface area (Å²) in [6.07, 6.45) is 3.85. The highest BCUT2D eigenvalue weighted by Gasteiger charge is 2.13. The molecule has 1 aromatic heterocycles. The maximum Gasteiger partial charge on any atom is 0.171 e. The molecule has 0 unspecified atom stereocenters. The third-order valence-corrected chi connectivity index (χ3v) is 2.05. The lowest BCUT2D eigenvalue weighted by atomic mass is 10.1. The van der Waals surface area contributed by atoms with Gasteiger partial charge in [0.25, 0.3) is 0 Å². The predicted octanol–water partition coefficient (Wildman–Crippen LogP) is 2.06. The van der Waals surface area contributed by atoms with Gasteiger partial charge in [-0.1, -0.05) is 11.6 Å². The van der Waals surface area contributed by atoms with Gasteiger partial charge in [-0.25, -0.2) is 4.98 Å². The fourth-order valence-corrected chi connectivity index (χ4v) is 1.48. The number of hydrogen-bond acceptors (Lipinski definition) is 2. The molecule has 0 amide bonds. The van der Waals surface area contributed by atoms with Crippen LogP contribution >= 0.6 is 11.6 Å². The van der Waals surface area contributed by atoms with Crippen LogP contribution in [0.4, 0.5) is 0 Å². The van der Waals surface area contributed by atoms with E-state index in [2.05, 4.69) is 4.98 Å². The molecule has 2 heterocycles. The summed E-state index contributed by atoms with van der Waals surface area (Å²) in [6.45, 7) is 0.762. The molecular formula is C8H8ClNO. The molecule has 0 bridgehead atoms. The number of nitrogens with zero attached hydrogens (tertiary/aromatic N) is 1. The number of ether oxygens (including phenoxy) is 1. The molecule has 0 saturated carbocycles. The van der Waals surface area contributed by atoms with Gasteiger partial charge in [-0.15, -0.1) is 0 Å². The summed E-state index contributed by atoms with van der Waals surface area (Å²) < 4.78 is 5.36. The van der Waals surface area contributed by atoms with Crippen molar-refractivity contribution in [3.05, 3.63) is 23.0 Å². The van der Waals surface area contributed by atoms with Crippen LogP contribution < -0.4 is 4.74 Å². The fourth-order valence-electron chi connectivity index (χ4n) is 1.25. The number of hydrogen-bond donors (Lipinski definition) is 0. The number of rotatable bonds is 0. The Morgan fingerprint density at radius 3 is 3.27 bits per heavy atom. The Morgan fingerprint density at radius 1 is 1.55 bits per heavy atom. The van der Waals surface area contributed by atoms with Crippen LogP contribution in [0.3, 0.4) is 0 Å². The molecule has 1 aliphatic heterocycles. The maximum atomic E-state index is 5.81. The summed E-state index contributed by atoms with van der Waals surface area (Å²) in [5.41, 5.74) is 1.18. The van der Waals surface area contributed by atoms with Gasteiger partial charge in [0.1, 0.15) is 0 Å². The highest BCUT2D eigenvalue weighted by Crippen LogP contribution is 2.30. The highest BCUT2D eigenvalue weighted by molar-refractivity contribution is 6.30. The van der Waals surface area contributed by atoms with E-state index in [1.807, 2.05) is 6.07 Å². The second-order valence-electron chi connectivity index (χ2n) is 2.54. The Labute approximate surface area is 70.2 Å². The quantitative estimate of drug-likeness (QED) is 0.555. The van der Waals surface area contributed by atoms with Crippen molar-refractivity contribution in [2.24, 2.45) is 0 Å². The summed E-state index contributed by atoms with van der Waals surface area (Å²) in [4.78, 5) is 3.93. The first-order valence-electron chi connectivity index (χ1n) is 3.64. The second kappa shape index (κ2) is 2.70. The van der Waals surface area contributed by atoms with E-state index in [1.165, 1.54) is 5.56 Å². The van der Waals surface area contributed by atoms with Crippen molar-refractivity contribution < 1.29 is 4.74 Å². The predicted molar refractivity (Wildman–Crippen MR) is 43.1 cm³/mol. The third-order valence-electron chi connectivity index (χ3n) is 1.78. The van der Waals surface area contributed by atoms with E-state index in [0.29, 0.717) is 5.15 Å². The molecule has 1 aliphatic rings. The average molecular weight is 170 g/mol. The minimum atomic E-state index is 0.488. The average Bonchev–Trinajstić information content (AvgIpc) is 2.06. The van der Waals surface area contributed by atoms with Gasteiger partial charge in [0.2, 0.25) is 0 Å². The zero-order valence-electron chi connectivity index (χ0n) is 6.01. The monoisotopic (exact) mass is 169 g/mol. The minimum absolute atomic E-state index is 0.488. The lowest BCUT2D eigenvalue weighted by Crippen LogP contribution is -2.08. The molecule has 0 atom stereocenters. The molecule has 3 heteroatoms. The van der Waals surface area contributed by atoms with Crippen LogP contribution in [0.2, 0.25) is 5.15 Å². The van der Waals surface area contributed by atoms with Gasteiger partial charge in [-0.3, -0.25) is 0 Å². The van der Waals surface area contributed by atoms with Gasteiger partial charge in [0, 0.05) is 6.20 Å². The number of pyridine rings is 1. The molecule has 0 saturated heterocycles. The summed E-state index contributed by atoms with van der Waals surface area (Å²) in [5.74, 6) is 0.778. The van der Waals surface area contributed by atoms with Crippen LogP contribution in [-0.4, -0.2) is 11.6 Å². The number of halogens is 1. The second-order valence-corrected chi connectivity index (χ2v) is 2.90. The van der Waals surface area contributed by atoms with E-state index in [0.717, 1.165) is 25.2 Å². The first-order chi connectivity index (χ1) is 5.38. The van der Waals surface area contributed by atoms with Crippen molar-refractivity contribution in [1.29, 1.82) is 0 Å². The van der Waals surface area contributed by atoms with Crippen molar-refractivity contribution >= 4 is 11.6 Å². The van der Waals surface area contributed by atoms with Crippen molar-refractivity contribution in [3.63, 3.8) is 0 Å².